The Hall–Kier alpha value is -1.86. The molecule has 0 aromatic heterocycles. The Kier molecular flexibility index (Phi) is 6.75. The number of nitrogens with one attached hydrogen (secondary N) is 1. The molecule has 0 aliphatic rings. The van der Waals surface area contributed by atoms with Crippen molar-refractivity contribution in [3.8, 4) is 29.1 Å². The molecule has 0 saturated carbocycles. The van der Waals surface area contributed by atoms with Crippen LogP contribution in [0.25, 0.3) is 0 Å². The predicted molar refractivity (Wildman–Crippen MR) is 80.6 cm³/mol. The number of methoxy groups -OCH3 is 3. The molecule has 0 spiro atoms. The molecule has 1 rings (SSSR count). The summed E-state index contributed by atoms with van der Waals surface area (Å²) in [7, 11) is 4.84. The van der Waals surface area contributed by atoms with Crippen LogP contribution < -0.4 is 19.5 Å². The monoisotopic (exact) mass is 277 g/mol. The Balaban J connectivity index is 3.22. The van der Waals surface area contributed by atoms with Crippen LogP contribution in [-0.2, 0) is 0 Å². The summed E-state index contributed by atoms with van der Waals surface area (Å²) in [6.07, 6.45) is 0.739. The third-order valence-electron chi connectivity index (χ3n) is 3.02. The van der Waals surface area contributed by atoms with Gasteiger partial charge in [-0.2, -0.15) is 0 Å². The van der Waals surface area contributed by atoms with Crippen molar-refractivity contribution >= 4 is 0 Å². The van der Waals surface area contributed by atoms with Gasteiger partial charge in [-0.15, -0.1) is 11.8 Å². The minimum Gasteiger partial charge on any atom is -0.493 e. The molecule has 0 aliphatic carbocycles. The molecular formula is C16H23NO3. The Morgan fingerprint density at radius 1 is 1.10 bits per heavy atom. The van der Waals surface area contributed by atoms with E-state index in [9.17, 15) is 0 Å². The molecule has 1 N–H and O–H groups in total. The molecule has 0 bridgehead atoms. The summed E-state index contributed by atoms with van der Waals surface area (Å²) >= 11 is 0. The number of hydrogen-bond acceptors (Lipinski definition) is 4. The van der Waals surface area contributed by atoms with Crippen LogP contribution in [0.4, 0.5) is 0 Å². The summed E-state index contributed by atoms with van der Waals surface area (Å²) in [5.74, 6) is 7.97. The highest BCUT2D eigenvalue weighted by Gasteiger charge is 2.17. The first kappa shape index (κ1) is 16.2. The minimum atomic E-state index is 0.140. The van der Waals surface area contributed by atoms with E-state index in [0.29, 0.717) is 17.2 Å². The van der Waals surface area contributed by atoms with E-state index in [1.54, 1.807) is 21.3 Å². The van der Waals surface area contributed by atoms with Gasteiger partial charge in [0.05, 0.1) is 21.3 Å². The molecule has 1 aromatic rings. The van der Waals surface area contributed by atoms with Crippen molar-refractivity contribution < 1.29 is 14.2 Å². The quantitative estimate of drug-likeness (QED) is 0.778. The van der Waals surface area contributed by atoms with Gasteiger partial charge in [-0.05, 0) is 31.2 Å². The molecule has 0 fully saturated rings. The van der Waals surface area contributed by atoms with Gasteiger partial charge in [0, 0.05) is 12.5 Å². The summed E-state index contributed by atoms with van der Waals surface area (Å²) in [6, 6.07) is 4.07. The van der Waals surface area contributed by atoms with Crippen LogP contribution in [0.3, 0.4) is 0 Å². The summed E-state index contributed by atoms with van der Waals surface area (Å²) in [5, 5.41) is 3.42. The Morgan fingerprint density at radius 2 is 1.70 bits per heavy atom. The van der Waals surface area contributed by atoms with E-state index in [1.165, 1.54) is 0 Å². The fourth-order valence-electron chi connectivity index (χ4n) is 2.06. The first-order chi connectivity index (χ1) is 9.71. The van der Waals surface area contributed by atoms with E-state index in [0.717, 1.165) is 18.5 Å². The molecule has 4 nitrogen and oxygen atoms in total. The zero-order valence-corrected chi connectivity index (χ0v) is 12.9. The molecule has 0 saturated heterocycles. The molecule has 1 unspecified atom stereocenters. The second kappa shape index (κ2) is 8.34. The zero-order chi connectivity index (χ0) is 15.0. The highest BCUT2D eigenvalue weighted by Crippen LogP contribution is 2.40. The second-order valence-electron chi connectivity index (χ2n) is 4.20. The van der Waals surface area contributed by atoms with Crippen molar-refractivity contribution in [1.82, 2.24) is 5.32 Å². The fraction of sp³-hybridized carbons (Fsp3) is 0.500. The lowest BCUT2D eigenvalue weighted by Crippen LogP contribution is -2.20. The maximum atomic E-state index is 5.38. The smallest absolute Gasteiger partial charge is 0.203 e. The van der Waals surface area contributed by atoms with E-state index >= 15 is 0 Å². The fourth-order valence-corrected chi connectivity index (χ4v) is 2.06. The second-order valence-corrected chi connectivity index (χ2v) is 4.20. The number of ether oxygens (including phenoxy) is 3. The highest BCUT2D eigenvalue weighted by molar-refractivity contribution is 5.54. The van der Waals surface area contributed by atoms with E-state index in [1.807, 2.05) is 19.1 Å². The number of rotatable bonds is 7. The molecule has 1 atom stereocenters. The van der Waals surface area contributed by atoms with Crippen LogP contribution in [0.2, 0.25) is 0 Å². The molecule has 1 aromatic carbocycles. The average Bonchev–Trinajstić information content (AvgIpc) is 2.49. The van der Waals surface area contributed by atoms with Crippen molar-refractivity contribution in [3.05, 3.63) is 17.7 Å². The average molecular weight is 277 g/mol. The van der Waals surface area contributed by atoms with Crippen LogP contribution >= 0.6 is 0 Å². The number of benzene rings is 1. The summed E-state index contributed by atoms with van der Waals surface area (Å²) in [5.41, 5.74) is 1.07. The normalized spacial score (nSPS) is 11.2. The van der Waals surface area contributed by atoms with Crippen LogP contribution in [0.1, 0.15) is 31.9 Å². The summed E-state index contributed by atoms with van der Waals surface area (Å²) in [6.45, 7) is 4.79. The van der Waals surface area contributed by atoms with E-state index in [4.69, 9.17) is 14.2 Å². The lowest BCUT2D eigenvalue weighted by molar-refractivity contribution is 0.323. The van der Waals surface area contributed by atoms with Gasteiger partial charge in [-0.25, -0.2) is 0 Å². The third kappa shape index (κ3) is 3.82. The summed E-state index contributed by atoms with van der Waals surface area (Å²) < 4.78 is 16.1. The van der Waals surface area contributed by atoms with Crippen LogP contribution in [0.15, 0.2) is 12.1 Å². The van der Waals surface area contributed by atoms with Crippen molar-refractivity contribution in [2.75, 3.05) is 27.9 Å². The molecule has 110 valence electrons. The highest BCUT2D eigenvalue weighted by atomic mass is 16.5. The SMILES string of the molecule is CC#CCC(NCC)c1cc(OC)c(OC)c(OC)c1. The molecule has 0 heterocycles. The van der Waals surface area contributed by atoms with Gasteiger partial charge >= 0.3 is 0 Å². The van der Waals surface area contributed by atoms with Gasteiger partial charge in [-0.1, -0.05) is 6.92 Å². The molecule has 20 heavy (non-hydrogen) atoms. The van der Waals surface area contributed by atoms with Crippen molar-refractivity contribution in [2.45, 2.75) is 26.3 Å². The Labute approximate surface area is 121 Å². The zero-order valence-electron chi connectivity index (χ0n) is 12.9. The topological polar surface area (TPSA) is 39.7 Å². The minimum absolute atomic E-state index is 0.140. The third-order valence-corrected chi connectivity index (χ3v) is 3.02. The van der Waals surface area contributed by atoms with Crippen LogP contribution in [0, 0.1) is 11.8 Å². The van der Waals surface area contributed by atoms with Gasteiger partial charge in [-0.3, -0.25) is 0 Å². The van der Waals surface area contributed by atoms with Gasteiger partial charge < -0.3 is 19.5 Å². The van der Waals surface area contributed by atoms with E-state index < -0.39 is 0 Å². The Bertz CT molecular complexity index is 463. The summed E-state index contributed by atoms with van der Waals surface area (Å²) in [4.78, 5) is 0. The van der Waals surface area contributed by atoms with Crippen molar-refractivity contribution in [3.63, 3.8) is 0 Å². The molecular weight excluding hydrogens is 254 g/mol. The number of hydrogen-bond donors (Lipinski definition) is 1. The molecule has 0 radical (unpaired) electrons. The maximum Gasteiger partial charge on any atom is 0.203 e. The standard InChI is InChI=1S/C16H23NO3/c1-6-8-9-13(17-7-2)12-10-14(18-3)16(20-5)15(11-12)19-4/h10-11,13,17H,7,9H2,1-5H3. The van der Waals surface area contributed by atoms with Crippen molar-refractivity contribution in [1.29, 1.82) is 0 Å². The van der Waals surface area contributed by atoms with Crippen LogP contribution in [0.5, 0.6) is 17.2 Å². The van der Waals surface area contributed by atoms with Crippen molar-refractivity contribution in [2.24, 2.45) is 0 Å². The molecule has 0 aliphatic heterocycles. The Morgan fingerprint density at radius 3 is 2.10 bits per heavy atom. The molecule has 0 amide bonds. The van der Waals surface area contributed by atoms with Gasteiger partial charge in [0.25, 0.3) is 0 Å². The van der Waals surface area contributed by atoms with Gasteiger partial charge in [0.1, 0.15) is 0 Å². The van der Waals surface area contributed by atoms with Gasteiger partial charge in [0.2, 0.25) is 5.75 Å². The van der Waals surface area contributed by atoms with E-state index in [-0.39, 0.29) is 6.04 Å². The maximum absolute atomic E-state index is 5.38. The molecule has 4 heteroatoms. The lowest BCUT2D eigenvalue weighted by atomic mass is 10.0. The lowest BCUT2D eigenvalue weighted by Gasteiger charge is -2.19. The first-order valence-electron chi connectivity index (χ1n) is 6.64. The van der Waals surface area contributed by atoms with Crippen LogP contribution in [-0.4, -0.2) is 27.9 Å². The largest absolute Gasteiger partial charge is 0.493 e. The predicted octanol–water partition coefficient (Wildman–Crippen LogP) is 2.78. The first-order valence-corrected chi connectivity index (χ1v) is 6.64. The van der Waals surface area contributed by atoms with Gasteiger partial charge in [0.15, 0.2) is 11.5 Å². The van der Waals surface area contributed by atoms with E-state index in [2.05, 4.69) is 24.1 Å².